The molecule has 2 bridgehead atoms. The Bertz CT molecular complexity index is 673. The van der Waals surface area contributed by atoms with Crippen LogP contribution in [0.3, 0.4) is 0 Å². The summed E-state index contributed by atoms with van der Waals surface area (Å²) in [5.41, 5.74) is -1.31. The maximum absolute atomic E-state index is 13.1. The van der Waals surface area contributed by atoms with Crippen LogP contribution in [-0.4, -0.2) is 28.2 Å². The molecule has 1 aromatic rings. The lowest BCUT2D eigenvalue weighted by atomic mass is 9.38. The summed E-state index contributed by atoms with van der Waals surface area (Å²) in [5.74, 6) is 0.411. The Morgan fingerprint density at radius 2 is 1.87 bits per heavy atom. The van der Waals surface area contributed by atoms with Gasteiger partial charge in [0.1, 0.15) is 11.0 Å². The monoisotopic (exact) mass is 429 g/mol. The van der Waals surface area contributed by atoms with Crippen molar-refractivity contribution >= 4 is 44.9 Å². The second-order valence-electron chi connectivity index (χ2n) is 6.50. The highest BCUT2D eigenvalue weighted by Gasteiger charge is 2.80. The third-order valence-electron chi connectivity index (χ3n) is 4.63. The predicted molar refractivity (Wildman–Crippen MR) is 87.0 cm³/mol. The molecule has 9 heteroatoms. The minimum Gasteiger partial charge on any atom is -0.346 e. The Kier molecular flexibility index (Phi) is 3.93. The van der Waals surface area contributed by atoms with Crippen LogP contribution in [0.15, 0.2) is 16.6 Å². The van der Waals surface area contributed by atoms with Crippen LogP contribution in [0.4, 0.5) is 19.0 Å². The van der Waals surface area contributed by atoms with Crippen molar-refractivity contribution in [3.63, 3.8) is 0 Å². The molecular weight excluding hydrogens is 418 g/mol. The topological polar surface area (TPSA) is 29.0 Å². The van der Waals surface area contributed by atoms with Crippen molar-refractivity contribution in [2.45, 2.75) is 37.9 Å². The van der Waals surface area contributed by atoms with E-state index in [4.69, 9.17) is 23.2 Å². The Labute approximate surface area is 150 Å². The second kappa shape index (κ2) is 5.23. The first kappa shape index (κ1) is 17.3. The molecule has 4 rings (SSSR count). The van der Waals surface area contributed by atoms with Crippen LogP contribution in [0.2, 0.25) is 10.4 Å². The van der Waals surface area contributed by atoms with Crippen molar-refractivity contribution in [2.24, 2.45) is 5.41 Å². The predicted octanol–water partition coefficient (Wildman–Crippen LogP) is 5.41. The van der Waals surface area contributed by atoms with E-state index in [2.05, 4.69) is 32.5 Å². The Hall–Kier alpha value is -0.530. The lowest BCUT2D eigenvalue weighted by molar-refractivity contribution is -0.332. The molecular formula is C14H13BrCl2F3N3. The average Bonchev–Trinajstić information content (AvgIpc) is 2.26. The maximum atomic E-state index is 13.1. The van der Waals surface area contributed by atoms with Crippen LogP contribution in [-0.2, 0) is 0 Å². The molecule has 0 radical (unpaired) electrons. The average molecular weight is 431 g/mol. The van der Waals surface area contributed by atoms with Crippen molar-refractivity contribution in [1.82, 2.24) is 9.97 Å². The van der Waals surface area contributed by atoms with E-state index in [1.54, 1.807) is 0 Å². The highest BCUT2D eigenvalue weighted by Crippen LogP contribution is 2.75. The van der Waals surface area contributed by atoms with E-state index in [0.717, 1.165) is 5.57 Å². The summed E-state index contributed by atoms with van der Waals surface area (Å²) >= 11 is 15.2. The molecule has 0 spiro atoms. The number of hydrogen-bond donors (Lipinski definition) is 0. The van der Waals surface area contributed by atoms with Crippen LogP contribution in [0.5, 0.6) is 0 Å². The van der Waals surface area contributed by atoms with Gasteiger partial charge in [0, 0.05) is 12.1 Å². The summed E-state index contributed by atoms with van der Waals surface area (Å²) in [6.45, 7) is 6.06. The summed E-state index contributed by atoms with van der Waals surface area (Å²) in [7, 11) is 0. The first-order valence-corrected chi connectivity index (χ1v) is 8.42. The molecule has 1 aromatic heterocycles. The van der Waals surface area contributed by atoms with E-state index in [9.17, 15) is 13.2 Å². The molecule has 126 valence electrons. The third-order valence-corrected chi connectivity index (χ3v) is 6.03. The van der Waals surface area contributed by atoms with Crippen LogP contribution in [0, 0.1) is 5.41 Å². The smallest absolute Gasteiger partial charge is 0.346 e. The fourth-order valence-corrected chi connectivity index (χ4v) is 4.38. The van der Waals surface area contributed by atoms with Gasteiger partial charge in [-0.15, -0.1) is 0 Å². The molecule has 3 fully saturated rings. The molecule has 3 aliphatic carbocycles. The molecule has 0 aromatic carbocycles. The highest BCUT2D eigenvalue weighted by molar-refractivity contribution is 9.10. The molecule has 0 saturated heterocycles. The molecule has 0 N–H and O–H groups in total. The standard InChI is InChI=1S/C14H13BrCl2F3N3/c1-7(2)3-23(10-8(15)9(16)21-11(17)22-10)13-4-12(5-13,6-13)14(18,19)20/h1,3-6H2,2H3. The Morgan fingerprint density at radius 3 is 2.35 bits per heavy atom. The van der Waals surface area contributed by atoms with E-state index in [1.165, 1.54) is 0 Å². The van der Waals surface area contributed by atoms with Crippen LogP contribution < -0.4 is 4.90 Å². The van der Waals surface area contributed by atoms with E-state index in [-0.39, 0.29) is 29.7 Å². The highest BCUT2D eigenvalue weighted by atomic mass is 79.9. The SMILES string of the molecule is C=C(C)CN(c1nc(Cl)nc(Cl)c1Br)C12CC(C(F)(F)F)(C1)C2. The molecule has 0 aliphatic heterocycles. The van der Waals surface area contributed by atoms with E-state index < -0.39 is 17.1 Å². The van der Waals surface area contributed by atoms with Gasteiger partial charge >= 0.3 is 6.18 Å². The van der Waals surface area contributed by atoms with Gasteiger partial charge in [-0.25, -0.2) is 4.98 Å². The molecule has 3 aliphatic rings. The molecule has 0 amide bonds. The molecule has 3 nitrogen and oxygen atoms in total. The third kappa shape index (κ3) is 2.55. The Morgan fingerprint density at radius 1 is 1.30 bits per heavy atom. The summed E-state index contributed by atoms with van der Waals surface area (Å²) in [5, 5.41) is 0.0842. The number of anilines is 1. The number of alkyl halides is 3. The van der Waals surface area contributed by atoms with Crippen LogP contribution in [0.1, 0.15) is 26.2 Å². The maximum Gasteiger partial charge on any atom is 0.394 e. The van der Waals surface area contributed by atoms with Crippen molar-refractivity contribution in [1.29, 1.82) is 0 Å². The van der Waals surface area contributed by atoms with E-state index in [1.807, 2.05) is 11.8 Å². The van der Waals surface area contributed by atoms with Gasteiger partial charge in [-0.3, -0.25) is 0 Å². The molecule has 0 atom stereocenters. The number of nitrogens with zero attached hydrogens (tertiary/aromatic N) is 3. The molecule has 0 unspecified atom stereocenters. The van der Waals surface area contributed by atoms with E-state index >= 15 is 0 Å². The Balaban J connectivity index is 1.95. The van der Waals surface area contributed by atoms with Gasteiger partial charge in [0.25, 0.3) is 0 Å². The first-order valence-electron chi connectivity index (χ1n) is 6.87. The first-order chi connectivity index (χ1) is 10.5. The molecule has 1 heterocycles. The minimum absolute atomic E-state index is 0.0444. The zero-order valence-electron chi connectivity index (χ0n) is 12.1. The van der Waals surface area contributed by atoms with Crippen LogP contribution in [0.25, 0.3) is 0 Å². The summed E-state index contributed by atoms with van der Waals surface area (Å²) in [6, 6.07) is 0. The fraction of sp³-hybridized carbons (Fsp3) is 0.571. The summed E-state index contributed by atoms with van der Waals surface area (Å²) in [6.07, 6.45) is -3.99. The van der Waals surface area contributed by atoms with Crippen molar-refractivity contribution in [2.75, 3.05) is 11.4 Å². The number of aromatic nitrogens is 2. The quantitative estimate of drug-likeness (QED) is 0.363. The van der Waals surface area contributed by atoms with E-state index in [0.29, 0.717) is 16.8 Å². The molecule has 23 heavy (non-hydrogen) atoms. The zero-order chi connectivity index (χ0) is 17.2. The normalized spacial score (nSPS) is 28.8. The van der Waals surface area contributed by atoms with Gasteiger partial charge in [-0.05, 0) is 53.7 Å². The summed E-state index contributed by atoms with van der Waals surface area (Å²) < 4.78 is 39.8. The van der Waals surface area contributed by atoms with Gasteiger partial charge < -0.3 is 4.90 Å². The van der Waals surface area contributed by atoms with Gasteiger partial charge in [-0.1, -0.05) is 23.8 Å². The van der Waals surface area contributed by atoms with Crippen molar-refractivity contribution < 1.29 is 13.2 Å². The van der Waals surface area contributed by atoms with Crippen LogP contribution >= 0.6 is 39.1 Å². The fourth-order valence-electron chi connectivity index (χ4n) is 3.62. The van der Waals surface area contributed by atoms with Crippen molar-refractivity contribution in [3.05, 3.63) is 27.1 Å². The molecule has 3 saturated carbocycles. The minimum atomic E-state index is -4.16. The zero-order valence-corrected chi connectivity index (χ0v) is 15.2. The van der Waals surface area contributed by atoms with Gasteiger partial charge in [0.15, 0.2) is 0 Å². The summed E-state index contributed by atoms with van der Waals surface area (Å²) in [4.78, 5) is 9.83. The van der Waals surface area contributed by atoms with Gasteiger partial charge in [-0.2, -0.15) is 18.2 Å². The lowest BCUT2D eigenvalue weighted by Crippen LogP contribution is -2.79. The largest absolute Gasteiger partial charge is 0.394 e. The number of hydrogen-bond acceptors (Lipinski definition) is 3. The van der Waals surface area contributed by atoms with Gasteiger partial charge in [0.05, 0.1) is 9.89 Å². The van der Waals surface area contributed by atoms with Crippen molar-refractivity contribution in [3.8, 4) is 0 Å². The number of rotatable bonds is 4. The second-order valence-corrected chi connectivity index (χ2v) is 7.99. The van der Waals surface area contributed by atoms with Gasteiger partial charge in [0.2, 0.25) is 5.28 Å². The lowest BCUT2D eigenvalue weighted by Gasteiger charge is -2.73. The number of halogens is 6.